The Balaban J connectivity index is 2.30. The number of hydrogen-bond acceptors (Lipinski definition) is 3. The summed E-state index contributed by atoms with van der Waals surface area (Å²) in [5.41, 5.74) is 1.29. The summed E-state index contributed by atoms with van der Waals surface area (Å²) in [4.78, 5) is 1.26. The van der Waals surface area contributed by atoms with Crippen LogP contribution in [0.5, 0.6) is 0 Å². The molecule has 2 heterocycles. The summed E-state index contributed by atoms with van der Waals surface area (Å²) in [5.74, 6) is 0. The van der Waals surface area contributed by atoms with Gasteiger partial charge < -0.3 is 5.32 Å². The van der Waals surface area contributed by atoms with Crippen molar-refractivity contribution >= 4 is 50.2 Å². The summed E-state index contributed by atoms with van der Waals surface area (Å²) >= 11 is 12.8. The van der Waals surface area contributed by atoms with Gasteiger partial charge in [0.25, 0.3) is 0 Å². The Bertz CT molecular complexity index is 426. The van der Waals surface area contributed by atoms with E-state index in [1.807, 2.05) is 6.07 Å². The van der Waals surface area contributed by atoms with E-state index in [2.05, 4.69) is 45.7 Å². The third-order valence-electron chi connectivity index (χ3n) is 2.21. The van der Waals surface area contributed by atoms with Crippen molar-refractivity contribution in [1.82, 2.24) is 5.32 Å². The second-order valence-corrected chi connectivity index (χ2v) is 7.35. The van der Waals surface area contributed by atoms with Gasteiger partial charge in [-0.05, 0) is 51.6 Å². The van der Waals surface area contributed by atoms with E-state index in [1.54, 1.807) is 22.7 Å². The molecule has 1 atom stereocenters. The molecule has 5 heteroatoms. The lowest BCUT2D eigenvalue weighted by Gasteiger charge is -2.14. The van der Waals surface area contributed by atoms with Gasteiger partial charge in [0, 0.05) is 4.88 Å². The van der Waals surface area contributed by atoms with Crippen molar-refractivity contribution in [3.63, 3.8) is 0 Å². The normalized spacial score (nSPS) is 12.9. The summed E-state index contributed by atoms with van der Waals surface area (Å²) in [6, 6.07) is 6.45. The highest BCUT2D eigenvalue weighted by Crippen LogP contribution is 2.34. The lowest BCUT2D eigenvalue weighted by Crippen LogP contribution is -2.20. The number of hydrogen-bond donors (Lipinski definition) is 1. The molecular formula is C11H11BrClNS2. The molecule has 2 rings (SSSR count). The summed E-state index contributed by atoms with van der Waals surface area (Å²) in [5, 5.41) is 5.65. The summed E-state index contributed by atoms with van der Waals surface area (Å²) in [6.45, 7) is 3.05. The van der Waals surface area contributed by atoms with E-state index in [4.69, 9.17) is 11.6 Å². The van der Waals surface area contributed by atoms with Crippen molar-refractivity contribution in [1.29, 1.82) is 0 Å². The first-order valence-electron chi connectivity index (χ1n) is 4.93. The predicted octanol–water partition coefficient (Wildman–Crippen LogP) is 4.92. The van der Waals surface area contributed by atoms with E-state index < -0.39 is 0 Å². The molecule has 2 aromatic rings. The maximum Gasteiger partial charge on any atom is 0.0931 e. The molecule has 0 saturated heterocycles. The average Bonchev–Trinajstić information content (AvgIpc) is 2.84. The van der Waals surface area contributed by atoms with Gasteiger partial charge in [-0.1, -0.05) is 18.5 Å². The minimum Gasteiger partial charge on any atom is -0.306 e. The Labute approximate surface area is 117 Å². The molecule has 1 nitrogen and oxygen atoms in total. The van der Waals surface area contributed by atoms with E-state index in [0.717, 1.165) is 14.7 Å². The van der Waals surface area contributed by atoms with Crippen LogP contribution >= 0.6 is 50.2 Å². The minimum atomic E-state index is 0.255. The van der Waals surface area contributed by atoms with Gasteiger partial charge in [-0.25, -0.2) is 0 Å². The third kappa shape index (κ3) is 2.87. The molecule has 0 bridgehead atoms. The Morgan fingerprint density at radius 3 is 2.81 bits per heavy atom. The highest BCUT2D eigenvalue weighted by Gasteiger charge is 2.16. The Morgan fingerprint density at radius 2 is 2.31 bits per heavy atom. The van der Waals surface area contributed by atoms with Crippen LogP contribution in [0, 0.1) is 0 Å². The van der Waals surface area contributed by atoms with Gasteiger partial charge in [-0.3, -0.25) is 0 Å². The van der Waals surface area contributed by atoms with Crippen LogP contribution in [0.1, 0.15) is 23.4 Å². The zero-order valence-electron chi connectivity index (χ0n) is 8.67. The first kappa shape index (κ1) is 12.6. The molecule has 0 aromatic carbocycles. The molecule has 0 radical (unpaired) electrons. The van der Waals surface area contributed by atoms with Crippen LogP contribution in [0.25, 0.3) is 0 Å². The molecule has 16 heavy (non-hydrogen) atoms. The van der Waals surface area contributed by atoms with Crippen LogP contribution in [0.2, 0.25) is 4.34 Å². The van der Waals surface area contributed by atoms with Crippen molar-refractivity contribution in [2.75, 3.05) is 6.54 Å². The Morgan fingerprint density at radius 1 is 1.50 bits per heavy atom. The first-order chi connectivity index (χ1) is 7.70. The van der Waals surface area contributed by atoms with Gasteiger partial charge in [0.2, 0.25) is 0 Å². The monoisotopic (exact) mass is 335 g/mol. The topological polar surface area (TPSA) is 12.0 Å². The number of thiophene rings is 2. The maximum absolute atomic E-state index is 5.98. The predicted molar refractivity (Wildman–Crippen MR) is 76.9 cm³/mol. The van der Waals surface area contributed by atoms with Crippen molar-refractivity contribution in [3.8, 4) is 0 Å². The molecular weight excluding hydrogens is 326 g/mol. The molecule has 0 saturated carbocycles. The number of rotatable bonds is 4. The fraction of sp³-hybridized carbons (Fsp3) is 0.273. The lowest BCUT2D eigenvalue weighted by molar-refractivity contribution is 0.641. The Kier molecular flexibility index (Phi) is 4.44. The highest BCUT2D eigenvalue weighted by molar-refractivity contribution is 9.11. The molecule has 2 aromatic heterocycles. The van der Waals surface area contributed by atoms with E-state index in [1.165, 1.54) is 10.4 Å². The number of nitrogens with one attached hydrogen (secondary N) is 1. The minimum absolute atomic E-state index is 0.255. The van der Waals surface area contributed by atoms with Gasteiger partial charge in [0.15, 0.2) is 0 Å². The van der Waals surface area contributed by atoms with Crippen LogP contribution < -0.4 is 5.32 Å². The third-order valence-corrected chi connectivity index (χ3v) is 5.03. The Hall–Kier alpha value is 0.130. The summed E-state index contributed by atoms with van der Waals surface area (Å²) in [7, 11) is 0. The quantitative estimate of drug-likeness (QED) is 0.835. The van der Waals surface area contributed by atoms with Crippen LogP contribution in [0.3, 0.4) is 0 Å². The van der Waals surface area contributed by atoms with Gasteiger partial charge in [-0.2, -0.15) is 0 Å². The summed E-state index contributed by atoms with van der Waals surface area (Å²) in [6.07, 6.45) is 0. The lowest BCUT2D eigenvalue weighted by atomic mass is 10.1. The van der Waals surface area contributed by atoms with E-state index in [0.29, 0.717) is 0 Å². The van der Waals surface area contributed by atoms with Gasteiger partial charge in [0.05, 0.1) is 14.2 Å². The molecule has 0 spiro atoms. The molecule has 0 aliphatic carbocycles. The smallest absolute Gasteiger partial charge is 0.0931 e. The second kappa shape index (κ2) is 5.65. The zero-order valence-corrected chi connectivity index (χ0v) is 12.6. The second-order valence-electron chi connectivity index (χ2n) is 3.32. The first-order valence-corrected chi connectivity index (χ1v) is 7.80. The summed E-state index contributed by atoms with van der Waals surface area (Å²) < 4.78 is 2.00. The van der Waals surface area contributed by atoms with E-state index >= 15 is 0 Å². The number of halogens is 2. The maximum atomic E-state index is 5.98. The van der Waals surface area contributed by atoms with Gasteiger partial charge >= 0.3 is 0 Å². The van der Waals surface area contributed by atoms with Crippen molar-refractivity contribution in [2.24, 2.45) is 0 Å². The van der Waals surface area contributed by atoms with Crippen molar-refractivity contribution in [2.45, 2.75) is 13.0 Å². The van der Waals surface area contributed by atoms with Gasteiger partial charge in [-0.15, -0.1) is 22.7 Å². The van der Waals surface area contributed by atoms with Crippen molar-refractivity contribution < 1.29 is 0 Å². The standard InChI is InChI=1S/C11H11BrClNS2/c1-2-14-11(7-5-9(12)15-6-7)8-3-4-10(13)16-8/h3-6,11,14H,2H2,1H3. The van der Waals surface area contributed by atoms with Gasteiger partial charge in [0.1, 0.15) is 0 Å². The molecule has 0 amide bonds. The highest BCUT2D eigenvalue weighted by atomic mass is 79.9. The SMILES string of the molecule is CCNC(c1csc(Br)c1)c1ccc(Cl)s1. The fourth-order valence-electron chi connectivity index (χ4n) is 1.55. The van der Waals surface area contributed by atoms with Crippen LogP contribution in [0.15, 0.2) is 27.4 Å². The average molecular weight is 337 g/mol. The molecule has 1 N–H and O–H groups in total. The largest absolute Gasteiger partial charge is 0.306 e. The molecule has 1 unspecified atom stereocenters. The molecule has 0 aliphatic heterocycles. The van der Waals surface area contributed by atoms with Crippen LogP contribution in [0.4, 0.5) is 0 Å². The molecule has 0 aliphatic rings. The van der Waals surface area contributed by atoms with Crippen LogP contribution in [-0.2, 0) is 0 Å². The molecule has 0 fully saturated rings. The van der Waals surface area contributed by atoms with Crippen molar-refractivity contribution in [3.05, 3.63) is 42.1 Å². The van der Waals surface area contributed by atoms with E-state index in [-0.39, 0.29) is 6.04 Å². The zero-order chi connectivity index (χ0) is 11.5. The fourth-order valence-corrected chi connectivity index (χ4v) is 3.91. The van der Waals surface area contributed by atoms with Crippen LogP contribution in [-0.4, -0.2) is 6.54 Å². The van der Waals surface area contributed by atoms with E-state index in [9.17, 15) is 0 Å². The molecule has 86 valence electrons.